The Morgan fingerprint density at radius 2 is 2.41 bits per heavy atom. The number of aryl methyl sites for hydroxylation is 1. The molecule has 17 heavy (non-hydrogen) atoms. The Kier molecular flexibility index (Phi) is 4.37. The van der Waals surface area contributed by atoms with Gasteiger partial charge in [-0.3, -0.25) is 0 Å². The molecule has 0 spiro atoms. The predicted octanol–water partition coefficient (Wildman–Crippen LogP) is 2.56. The summed E-state index contributed by atoms with van der Waals surface area (Å²) in [6, 6.07) is 4.46. The van der Waals surface area contributed by atoms with Crippen LogP contribution in [0.1, 0.15) is 24.6 Å². The van der Waals surface area contributed by atoms with Gasteiger partial charge in [-0.1, -0.05) is 11.6 Å². The molecule has 1 aromatic rings. The summed E-state index contributed by atoms with van der Waals surface area (Å²) in [4.78, 5) is 4.16. The van der Waals surface area contributed by atoms with Gasteiger partial charge in [0.25, 0.3) is 0 Å². The number of halogens is 1. The first-order valence-electron chi connectivity index (χ1n) is 6.09. The number of pyridine rings is 1. The number of nitrogens with zero attached hydrogens (tertiary/aromatic N) is 1. The fraction of sp³-hybridized carbons (Fsp3) is 0.615. The van der Waals surface area contributed by atoms with E-state index in [-0.39, 0.29) is 0 Å². The molecule has 0 saturated carbocycles. The van der Waals surface area contributed by atoms with E-state index in [1.165, 1.54) is 5.56 Å². The summed E-state index contributed by atoms with van der Waals surface area (Å²) in [7, 11) is 0. The summed E-state index contributed by atoms with van der Waals surface area (Å²) in [6.07, 6.45) is 1.16. The van der Waals surface area contributed by atoms with Gasteiger partial charge < -0.3 is 10.1 Å². The van der Waals surface area contributed by atoms with Crippen molar-refractivity contribution in [1.29, 1.82) is 0 Å². The molecule has 1 aliphatic rings. The Labute approximate surface area is 108 Å². The summed E-state index contributed by atoms with van der Waals surface area (Å²) >= 11 is 5.93. The molecule has 0 radical (unpaired) electrons. The number of hydrogen-bond acceptors (Lipinski definition) is 3. The van der Waals surface area contributed by atoms with Gasteiger partial charge in [0.15, 0.2) is 0 Å². The Bertz CT molecular complexity index is 357. The molecule has 0 aromatic carbocycles. The second-order valence-corrected chi connectivity index (χ2v) is 5.12. The highest BCUT2D eigenvalue weighted by molar-refractivity contribution is 6.29. The van der Waals surface area contributed by atoms with Crippen LogP contribution in [0.15, 0.2) is 12.1 Å². The number of rotatable bonds is 4. The van der Waals surface area contributed by atoms with Gasteiger partial charge >= 0.3 is 0 Å². The first kappa shape index (κ1) is 12.8. The molecule has 3 nitrogen and oxygen atoms in total. The summed E-state index contributed by atoms with van der Waals surface area (Å²) in [5.74, 6) is 0.633. The van der Waals surface area contributed by atoms with Crippen molar-refractivity contribution in [1.82, 2.24) is 10.3 Å². The second kappa shape index (κ2) is 5.80. The fourth-order valence-electron chi connectivity index (χ4n) is 2.19. The average molecular weight is 255 g/mol. The zero-order valence-electron chi connectivity index (χ0n) is 10.4. The minimum atomic E-state index is 0.477. The van der Waals surface area contributed by atoms with Gasteiger partial charge in [0.05, 0.1) is 6.61 Å². The van der Waals surface area contributed by atoms with Crippen molar-refractivity contribution in [2.24, 2.45) is 5.92 Å². The quantitative estimate of drug-likeness (QED) is 0.839. The third-order valence-corrected chi connectivity index (χ3v) is 3.48. The van der Waals surface area contributed by atoms with E-state index in [1.807, 2.05) is 13.0 Å². The van der Waals surface area contributed by atoms with Gasteiger partial charge in [0.2, 0.25) is 0 Å². The first-order valence-corrected chi connectivity index (χ1v) is 6.47. The monoisotopic (exact) mass is 254 g/mol. The van der Waals surface area contributed by atoms with Crippen molar-refractivity contribution in [3.05, 3.63) is 28.5 Å². The molecule has 2 heterocycles. The summed E-state index contributed by atoms with van der Waals surface area (Å²) in [5.41, 5.74) is 2.15. The van der Waals surface area contributed by atoms with Crippen molar-refractivity contribution < 1.29 is 4.74 Å². The third-order valence-electron chi connectivity index (χ3n) is 3.28. The predicted molar refractivity (Wildman–Crippen MR) is 69.2 cm³/mol. The van der Waals surface area contributed by atoms with Crippen LogP contribution in [-0.2, 0) is 11.3 Å². The molecule has 2 atom stereocenters. The Hall–Kier alpha value is -0.640. The van der Waals surface area contributed by atoms with Gasteiger partial charge in [-0.15, -0.1) is 0 Å². The molecule has 2 unspecified atom stereocenters. The van der Waals surface area contributed by atoms with Crippen molar-refractivity contribution in [3.63, 3.8) is 0 Å². The van der Waals surface area contributed by atoms with E-state index in [4.69, 9.17) is 16.3 Å². The molecule has 0 amide bonds. The van der Waals surface area contributed by atoms with Gasteiger partial charge in [-0.25, -0.2) is 4.98 Å². The number of nitrogens with one attached hydrogen (secondary N) is 1. The standard InChI is InChI=1S/C13H19ClN2O/c1-9-5-11(6-13(14)16-9)7-15-10(2)12-3-4-17-8-12/h5-6,10,12,15H,3-4,7-8H2,1-2H3. The highest BCUT2D eigenvalue weighted by atomic mass is 35.5. The van der Waals surface area contributed by atoms with Crippen LogP contribution in [0.5, 0.6) is 0 Å². The van der Waals surface area contributed by atoms with Crippen LogP contribution in [0.2, 0.25) is 5.15 Å². The average Bonchev–Trinajstić information content (AvgIpc) is 2.78. The Balaban J connectivity index is 1.88. The molecule has 1 saturated heterocycles. The number of ether oxygens (including phenoxy) is 1. The van der Waals surface area contributed by atoms with E-state index in [0.29, 0.717) is 17.1 Å². The van der Waals surface area contributed by atoms with E-state index < -0.39 is 0 Å². The van der Waals surface area contributed by atoms with Gasteiger partial charge in [0.1, 0.15) is 5.15 Å². The molecule has 1 N–H and O–H groups in total. The van der Waals surface area contributed by atoms with Crippen LogP contribution in [0.25, 0.3) is 0 Å². The minimum Gasteiger partial charge on any atom is -0.381 e. The SMILES string of the molecule is Cc1cc(CNC(C)C2CCOC2)cc(Cl)n1. The van der Waals surface area contributed by atoms with Crippen molar-refractivity contribution in [2.75, 3.05) is 13.2 Å². The Morgan fingerprint density at radius 1 is 1.59 bits per heavy atom. The molecule has 1 aliphatic heterocycles. The molecule has 2 rings (SSSR count). The van der Waals surface area contributed by atoms with E-state index >= 15 is 0 Å². The zero-order chi connectivity index (χ0) is 12.3. The van der Waals surface area contributed by atoms with Crippen LogP contribution in [-0.4, -0.2) is 24.2 Å². The molecule has 0 bridgehead atoms. The zero-order valence-corrected chi connectivity index (χ0v) is 11.1. The number of aromatic nitrogens is 1. The van der Waals surface area contributed by atoms with Crippen LogP contribution in [0, 0.1) is 12.8 Å². The van der Waals surface area contributed by atoms with Gasteiger partial charge in [-0.05, 0) is 43.9 Å². The highest BCUT2D eigenvalue weighted by Crippen LogP contribution is 2.17. The summed E-state index contributed by atoms with van der Waals surface area (Å²) in [6.45, 7) is 6.79. The van der Waals surface area contributed by atoms with E-state index in [9.17, 15) is 0 Å². The molecule has 94 valence electrons. The van der Waals surface area contributed by atoms with Crippen LogP contribution >= 0.6 is 11.6 Å². The normalized spacial score (nSPS) is 21.7. The van der Waals surface area contributed by atoms with Crippen LogP contribution < -0.4 is 5.32 Å². The summed E-state index contributed by atoms with van der Waals surface area (Å²) in [5, 5.41) is 4.10. The van der Waals surface area contributed by atoms with Gasteiger partial charge in [-0.2, -0.15) is 0 Å². The lowest BCUT2D eigenvalue weighted by Gasteiger charge is -2.19. The fourth-order valence-corrected chi connectivity index (χ4v) is 2.46. The van der Waals surface area contributed by atoms with E-state index in [2.05, 4.69) is 23.3 Å². The lowest BCUT2D eigenvalue weighted by molar-refractivity contribution is 0.178. The van der Waals surface area contributed by atoms with Crippen LogP contribution in [0.3, 0.4) is 0 Å². The Morgan fingerprint density at radius 3 is 3.06 bits per heavy atom. The first-order chi connectivity index (χ1) is 8.15. The lowest BCUT2D eigenvalue weighted by Crippen LogP contribution is -2.33. The molecule has 0 aliphatic carbocycles. The largest absolute Gasteiger partial charge is 0.381 e. The molecule has 4 heteroatoms. The molecular formula is C13H19ClN2O. The summed E-state index contributed by atoms with van der Waals surface area (Å²) < 4.78 is 5.40. The van der Waals surface area contributed by atoms with Crippen molar-refractivity contribution >= 4 is 11.6 Å². The van der Waals surface area contributed by atoms with Crippen molar-refractivity contribution in [3.8, 4) is 0 Å². The van der Waals surface area contributed by atoms with E-state index in [1.54, 1.807) is 0 Å². The maximum atomic E-state index is 5.93. The number of hydrogen-bond donors (Lipinski definition) is 1. The van der Waals surface area contributed by atoms with Crippen molar-refractivity contribution in [2.45, 2.75) is 32.9 Å². The smallest absolute Gasteiger partial charge is 0.129 e. The molecule has 1 fully saturated rings. The maximum Gasteiger partial charge on any atom is 0.129 e. The maximum absolute atomic E-state index is 5.93. The second-order valence-electron chi connectivity index (χ2n) is 4.73. The minimum absolute atomic E-state index is 0.477. The molecule has 1 aromatic heterocycles. The van der Waals surface area contributed by atoms with Crippen LogP contribution in [0.4, 0.5) is 0 Å². The topological polar surface area (TPSA) is 34.1 Å². The highest BCUT2D eigenvalue weighted by Gasteiger charge is 2.21. The molecular weight excluding hydrogens is 236 g/mol. The van der Waals surface area contributed by atoms with Gasteiger partial charge in [0, 0.05) is 24.9 Å². The van der Waals surface area contributed by atoms with E-state index in [0.717, 1.165) is 31.9 Å². The third kappa shape index (κ3) is 3.66. The lowest BCUT2D eigenvalue weighted by atomic mass is 10.0.